The summed E-state index contributed by atoms with van der Waals surface area (Å²) in [5.74, 6) is 1.15. The summed E-state index contributed by atoms with van der Waals surface area (Å²) >= 11 is 0. The first-order chi connectivity index (χ1) is 9.13. The van der Waals surface area contributed by atoms with E-state index in [1.165, 1.54) is 31.4 Å². The molecule has 3 unspecified atom stereocenters. The van der Waals surface area contributed by atoms with Gasteiger partial charge < -0.3 is 5.32 Å². The molecule has 1 saturated carbocycles. The van der Waals surface area contributed by atoms with E-state index in [1.807, 2.05) is 6.07 Å². The molecule has 0 amide bonds. The molecule has 0 radical (unpaired) electrons. The highest BCUT2D eigenvalue weighted by molar-refractivity contribution is 5.33. The monoisotopic (exact) mass is 260 g/mol. The first-order valence-corrected chi connectivity index (χ1v) is 7.07. The van der Waals surface area contributed by atoms with Crippen LogP contribution in [0.5, 0.6) is 0 Å². The second kappa shape index (κ2) is 6.16. The van der Waals surface area contributed by atoms with Crippen LogP contribution >= 0.6 is 0 Å². The van der Waals surface area contributed by atoms with Crippen LogP contribution in [0.4, 0.5) is 4.39 Å². The van der Waals surface area contributed by atoms with E-state index >= 15 is 0 Å². The Morgan fingerprint density at radius 3 is 2.79 bits per heavy atom. The Labute approximate surface area is 114 Å². The van der Waals surface area contributed by atoms with Gasteiger partial charge in [-0.25, -0.2) is 4.39 Å². The highest BCUT2D eigenvalue weighted by atomic mass is 19.1. The van der Waals surface area contributed by atoms with E-state index in [9.17, 15) is 4.39 Å². The van der Waals surface area contributed by atoms with Crippen LogP contribution in [-0.2, 0) is 6.54 Å². The second-order valence-electron chi connectivity index (χ2n) is 5.55. The minimum absolute atomic E-state index is 0.332. The van der Waals surface area contributed by atoms with E-state index in [1.54, 1.807) is 6.07 Å². The Balaban J connectivity index is 1.96. The van der Waals surface area contributed by atoms with E-state index in [4.69, 9.17) is 5.26 Å². The number of nitrogens with zero attached hydrogens (tertiary/aromatic N) is 1. The molecule has 1 aliphatic carbocycles. The lowest BCUT2D eigenvalue weighted by molar-refractivity contribution is 0.344. The Hall–Kier alpha value is -1.40. The quantitative estimate of drug-likeness (QED) is 0.897. The molecular weight excluding hydrogens is 239 g/mol. The van der Waals surface area contributed by atoms with Crippen molar-refractivity contribution in [2.75, 3.05) is 0 Å². The Morgan fingerprint density at radius 1 is 1.37 bits per heavy atom. The number of benzene rings is 1. The van der Waals surface area contributed by atoms with Crippen molar-refractivity contribution in [1.29, 1.82) is 5.26 Å². The van der Waals surface area contributed by atoms with Gasteiger partial charge >= 0.3 is 0 Å². The van der Waals surface area contributed by atoms with Crippen LogP contribution in [0.1, 0.15) is 44.2 Å². The van der Waals surface area contributed by atoms with E-state index in [2.05, 4.69) is 19.2 Å². The lowest BCUT2D eigenvalue weighted by Crippen LogP contribution is -2.32. The van der Waals surface area contributed by atoms with Crippen LogP contribution in [0.3, 0.4) is 0 Å². The van der Waals surface area contributed by atoms with E-state index in [-0.39, 0.29) is 5.82 Å². The van der Waals surface area contributed by atoms with Crippen LogP contribution in [0.25, 0.3) is 0 Å². The SMILES string of the molecule is CCC1CCC(NCc2cc(F)cc(C#N)c2)C1C. The summed E-state index contributed by atoms with van der Waals surface area (Å²) in [6.07, 6.45) is 3.71. The molecule has 2 nitrogen and oxygen atoms in total. The summed E-state index contributed by atoms with van der Waals surface area (Å²) in [6, 6.07) is 7.04. The summed E-state index contributed by atoms with van der Waals surface area (Å²) in [4.78, 5) is 0. The molecule has 3 heteroatoms. The molecule has 19 heavy (non-hydrogen) atoms. The maximum Gasteiger partial charge on any atom is 0.124 e. The fraction of sp³-hybridized carbons (Fsp3) is 0.562. The first-order valence-electron chi connectivity index (χ1n) is 7.07. The fourth-order valence-corrected chi connectivity index (χ4v) is 3.18. The molecule has 0 bridgehead atoms. The zero-order chi connectivity index (χ0) is 13.8. The molecule has 3 atom stereocenters. The predicted octanol–water partition coefficient (Wildman–Crippen LogP) is 3.61. The zero-order valence-electron chi connectivity index (χ0n) is 11.6. The number of halogens is 1. The molecule has 1 aromatic rings. The van der Waals surface area contributed by atoms with Gasteiger partial charge in [0.15, 0.2) is 0 Å². The average Bonchev–Trinajstić information content (AvgIpc) is 2.76. The lowest BCUT2D eigenvalue weighted by Gasteiger charge is -2.21. The number of hydrogen-bond acceptors (Lipinski definition) is 2. The topological polar surface area (TPSA) is 35.8 Å². The van der Waals surface area contributed by atoms with Crippen molar-refractivity contribution in [2.24, 2.45) is 11.8 Å². The summed E-state index contributed by atoms with van der Waals surface area (Å²) in [7, 11) is 0. The number of nitrogens with one attached hydrogen (secondary N) is 1. The molecule has 0 aromatic heterocycles. The molecule has 1 fully saturated rings. The van der Waals surface area contributed by atoms with Crippen LogP contribution in [0.2, 0.25) is 0 Å². The van der Waals surface area contributed by atoms with Gasteiger partial charge in [0.25, 0.3) is 0 Å². The average molecular weight is 260 g/mol. The van der Waals surface area contributed by atoms with Crippen LogP contribution in [0.15, 0.2) is 18.2 Å². The van der Waals surface area contributed by atoms with Crippen LogP contribution in [0, 0.1) is 29.0 Å². The highest BCUT2D eigenvalue weighted by Gasteiger charge is 2.30. The van der Waals surface area contributed by atoms with Gasteiger partial charge in [-0.3, -0.25) is 0 Å². The van der Waals surface area contributed by atoms with Crippen molar-refractivity contribution in [3.05, 3.63) is 35.1 Å². The van der Waals surface area contributed by atoms with E-state index < -0.39 is 0 Å². The van der Waals surface area contributed by atoms with Crippen molar-refractivity contribution in [1.82, 2.24) is 5.32 Å². The van der Waals surface area contributed by atoms with Gasteiger partial charge in [0.2, 0.25) is 0 Å². The number of hydrogen-bond donors (Lipinski definition) is 1. The van der Waals surface area contributed by atoms with Gasteiger partial charge in [-0.2, -0.15) is 5.26 Å². The van der Waals surface area contributed by atoms with Gasteiger partial charge in [0.05, 0.1) is 11.6 Å². The fourth-order valence-electron chi connectivity index (χ4n) is 3.18. The lowest BCUT2D eigenvalue weighted by atomic mass is 9.93. The molecule has 2 rings (SSSR count). The molecule has 0 aliphatic heterocycles. The van der Waals surface area contributed by atoms with Gasteiger partial charge in [-0.15, -0.1) is 0 Å². The number of rotatable bonds is 4. The summed E-state index contributed by atoms with van der Waals surface area (Å²) in [5, 5.41) is 12.4. The normalized spacial score (nSPS) is 26.3. The Bertz CT molecular complexity index is 478. The smallest absolute Gasteiger partial charge is 0.124 e. The van der Waals surface area contributed by atoms with Crippen molar-refractivity contribution in [2.45, 2.75) is 45.7 Å². The largest absolute Gasteiger partial charge is 0.310 e. The predicted molar refractivity (Wildman–Crippen MR) is 73.9 cm³/mol. The van der Waals surface area contributed by atoms with Crippen molar-refractivity contribution >= 4 is 0 Å². The third-order valence-electron chi connectivity index (χ3n) is 4.41. The summed E-state index contributed by atoms with van der Waals surface area (Å²) < 4.78 is 13.3. The maximum absolute atomic E-state index is 13.3. The molecule has 1 N–H and O–H groups in total. The van der Waals surface area contributed by atoms with E-state index in [0.29, 0.717) is 24.1 Å². The van der Waals surface area contributed by atoms with Crippen molar-refractivity contribution in [3.8, 4) is 6.07 Å². The molecule has 0 spiro atoms. The van der Waals surface area contributed by atoms with Crippen LogP contribution in [-0.4, -0.2) is 6.04 Å². The summed E-state index contributed by atoms with van der Waals surface area (Å²) in [6.45, 7) is 5.18. The van der Waals surface area contributed by atoms with Gasteiger partial charge in [0, 0.05) is 12.6 Å². The molecule has 0 saturated heterocycles. The van der Waals surface area contributed by atoms with Gasteiger partial charge in [0.1, 0.15) is 5.82 Å². The third-order valence-corrected chi connectivity index (χ3v) is 4.41. The summed E-state index contributed by atoms with van der Waals surface area (Å²) in [5.41, 5.74) is 1.24. The standard InChI is InChI=1S/C16H21FN2/c1-3-14-4-5-16(11(14)2)19-10-13-6-12(9-18)7-15(17)8-13/h6-8,11,14,16,19H,3-5,10H2,1-2H3. The highest BCUT2D eigenvalue weighted by Crippen LogP contribution is 2.33. The van der Waals surface area contributed by atoms with E-state index in [0.717, 1.165) is 11.5 Å². The molecule has 102 valence electrons. The number of nitriles is 1. The first kappa shape index (κ1) is 14.0. The van der Waals surface area contributed by atoms with Crippen molar-refractivity contribution in [3.63, 3.8) is 0 Å². The minimum atomic E-state index is -0.332. The maximum atomic E-state index is 13.3. The van der Waals surface area contributed by atoms with Crippen LogP contribution < -0.4 is 5.32 Å². The zero-order valence-corrected chi connectivity index (χ0v) is 11.6. The minimum Gasteiger partial charge on any atom is -0.310 e. The van der Waals surface area contributed by atoms with Crippen molar-refractivity contribution < 1.29 is 4.39 Å². The Kier molecular flexibility index (Phi) is 4.55. The molecule has 0 heterocycles. The molecular formula is C16H21FN2. The van der Waals surface area contributed by atoms with Gasteiger partial charge in [-0.1, -0.05) is 20.3 Å². The van der Waals surface area contributed by atoms with Gasteiger partial charge in [-0.05, 0) is 48.4 Å². The second-order valence-corrected chi connectivity index (χ2v) is 5.55. The Morgan fingerprint density at radius 2 is 2.16 bits per heavy atom. The third kappa shape index (κ3) is 3.33. The molecule has 1 aliphatic rings. The molecule has 1 aromatic carbocycles.